The molecule has 14 heavy (non-hydrogen) atoms. The number of hydrogen-bond acceptors (Lipinski definition) is 3. The zero-order valence-electron chi connectivity index (χ0n) is 9.38. The monoisotopic (exact) mass is 198 g/mol. The topological polar surface area (TPSA) is 24.5 Å². The Kier molecular flexibility index (Phi) is 3.10. The molecular formula is C11H22N2O. The molecule has 82 valence electrons. The van der Waals surface area contributed by atoms with Crippen LogP contribution in [0.3, 0.4) is 0 Å². The second-order valence-corrected chi connectivity index (χ2v) is 4.99. The first-order valence-electron chi connectivity index (χ1n) is 5.75. The SMILES string of the molecule is CN1CCC(C)(OC2CCNC2)CC1. The minimum atomic E-state index is 0.142. The minimum Gasteiger partial charge on any atom is -0.371 e. The number of likely N-dealkylation sites (tertiary alicyclic amines) is 1. The Morgan fingerprint density at radius 3 is 2.64 bits per heavy atom. The van der Waals surface area contributed by atoms with Crippen LogP contribution in [0.5, 0.6) is 0 Å². The van der Waals surface area contributed by atoms with E-state index in [1.807, 2.05) is 0 Å². The Hall–Kier alpha value is -0.120. The van der Waals surface area contributed by atoms with Gasteiger partial charge in [0.1, 0.15) is 0 Å². The molecule has 0 spiro atoms. The molecule has 1 N–H and O–H groups in total. The maximum absolute atomic E-state index is 6.20. The highest BCUT2D eigenvalue weighted by atomic mass is 16.5. The van der Waals surface area contributed by atoms with Crippen molar-refractivity contribution in [2.45, 2.75) is 37.9 Å². The van der Waals surface area contributed by atoms with Crippen LogP contribution in [0.15, 0.2) is 0 Å². The maximum Gasteiger partial charge on any atom is 0.0718 e. The molecule has 0 saturated carbocycles. The fraction of sp³-hybridized carbons (Fsp3) is 1.00. The number of ether oxygens (including phenoxy) is 1. The van der Waals surface area contributed by atoms with Crippen molar-refractivity contribution in [3.05, 3.63) is 0 Å². The van der Waals surface area contributed by atoms with Crippen molar-refractivity contribution in [3.8, 4) is 0 Å². The molecule has 0 aromatic heterocycles. The van der Waals surface area contributed by atoms with Crippen molar-refractivity contribution in [1.82, 2.24) is 10.2 Å². The van der Waals surface area contributed by atoms with Gasteiger partial charge in [0, 0.05) is 19.6 Å². The Labute approximate surface area is 86.8 Å². The Bertz CT molecular complexity index is 182. The molecule has 1 unspecified atom stereocenters. The fourth-order valence-corrected chi connectivity index (χ4v) is 2.34. The van der Waals surface area contributed by atoms with Crippen molar-refractivity contribution < 1.29 is 4.74 Å². The van der Waals surface area contributed by atoms with Gasteiger partial charge >= 0.3 is 0 Å². The number of rotatable bonds is 2. The van der Waals surface area contributed by atoms with Crippen molar-refractivity contribution in [2.24, 2.45) is 0 Å². The van der Waals surface area contributed by atoms with E-state index in [1.54, 1.807) is 0 Å². The van der Waals surface area contributed by atoms with E-state index in [0.717, 1.165) is 13.1 Å². The summed E-state index contributed by atoms with van der Waals surface area (Å²) in [7, 11) is 2.19. The van der Waals surface area contributed by atoms with Gasteiger partial charge < -0.3 is 15.0 Å². The summed E-state index contributed by atoms with van der Waals surface area (Å²) in [6.07, 6.45) is 4.01. The van der Waals surface area contributed by atoms with Gasteiger partial charge in [-0.1, -0.05) is 0 Å². The van der Waals surface area contributed by atoms with Crippen molar-refractivity contribution in [2.75, 3.05) is 33.2 Å². The predicted molar refractivity (Wildman–Crippen MR) is 57.5 cm³/mol. The number of nitrogens with zero attached hydrogens (tertiary/aromatic N) is 1. The van der Waals surface area contributed by atoms with Gasteiger partial charge in [0.25, 0.3) is 0 Å². The molecule has 3 nitrogen and oxygen atoms in total. The van der Waals surface area contributed by atoms with Crippen molar-refractivity contribution >= 4 is 0 Å². The highest BCUT2D eigenvalue weighted by Crippen LogP contribution is 2.27. The van der Waals surface area contributed by atoms with E-state index in [1.165, 1.54) is 32.4 Å². The summed E-state index contributed by atoms with van der Waals surface area (Å²) in [4.78, 5) is 2.39. The Morgan fingerprint density at radius 1 is 1.36 bits per heavy atom. The first-order chi connectivity index (χ1) is 6.68. The smallest absolute Gasteiger partial charge is 0.0718 e. The first kappa shape index (κ1) is 10.4. The van der Waals surface area contributed by atoms with Crippen LogP contribution < -0.4 is 5.32 Å². The molecule has 0 aromatic carbocycles. The van der Waals surface area contributed by atoms with Crippen LogP contribution in [-0.4, -0.2) is 49.8 Å². The van der Waals surface area contributed by atoms with Gasteiger partial charge in [0.15, 0.2) is 0 Å². The number of hydrogen-bond donors (Lipinski definition) is 1. The van der Waals surface area contributed by atoms with Crippen LogP contribution in [-0.2, 0) is 4.74 Å². The van der Waals surface area contributed by atoms with Gasteiger partial charge in [-0.15, -0.1) is 0 Å². The van der Waals surface area contributed by atoms with Crippen LogP contribution in [0.1, 0.15) is 26.2 Å². The molecule has 2 aliphatic heterocycles. The molecule has 2 fully saturated rings. The maximum atomic E-state index is 6.20. The highest BCUT2D eigenvalue weighted by molar-refractivity contribution is 4.85. The lowest BCUT2D eigenvalue weighted by molar-refractivity contribution is -0.103. The summed E-state index contributed by atoms with van der Waals surface area (Å²) in [6, 6.07) is 0. The van der Waals surface area contributed by atoms with E-state index < -0.39 is 0 Å². The molecular weight excluding hydrogens is 176 g/mol. The summed E-state index contributed by atoms with van der Waals surface area (Å²) in [5, 5.41) is 3.35. The van der Waals surface area contributed by atoms with Gasteiger partial charge in [-0.3, -0.25) is 0 Å². The minimum absolute atomic E-state index is 0.142. The van der Waals surface area contributed by atoms with E-state index in [9.17, 15) is 0 Å². The molecule has 2 saturated heterocycles. The van der Waals surface area contributed by atoms with Crippen LogP contribution >= 0.6 is 0 Å². The van der Waals surface area contributed by atoms with E-state index in [-0.39, 0.29) is 5.60 Å². The third-order valence-corrected chi connectivity index (χ3v) is 3.51. The fourth-order valence-electron chi connectivity index (χ4n) is 2.34. The lowest BCUT2D eigenvalue weighted by atomic mass is 9.93. The quantitative estimate of drug-likeness (QED) is 0.712. The van der Waals surface area contributed by atoms with Gasteiger partial charge in [-0.2, -0.15) is 0 Å². The van der Waals surface area contributed by atoms with Crippen LogP contribution in [0.2, 0.25) is 0 Å². The Morgan fingerprint density at radius 2 is 2.07 bits per heavy atom. The van der Waals surface area contributed by atoms with E-state index in [4.69, 9.17) is 4.74 Å². The summed E-state index contributed by atoms with van der Waals surface area (Å²) in [6.45, 7) is 6.80. The first-order valence-corrected chi connectivity index (χ1v) is 5.75. The zero-order valence-corrected chi connectivity index (χ0v) is 9.38. The molecule has 0 radical (unpaired) electrons. The molecule has 0 aliphatic carbocycles. The predicted octanol–water partition coefficient (Wildman–Crippen LogP) is 0.849. The standard InChI is InChI=1S/C11H22N2O/c1-11(4-7-13(2)8-5-11)14-10-3-6-12-9-10/h10,12H,3-9H2,1-2H3. The normalized spacial score (nSPS) is 33.4. The average Bonchev–Trinajstić information content (AvgIpc) is 2.63. The molecule has 2 aliphatic rings. The van der Waals surface area contributed by atoms with Gasteiger partial charge in [-0.05, 0) is 39.8 Å². The molecule has 0 aromatic rings. The third-order valence-electron chi connectivity index (χ3n) is 3.51. The largest absolute Gasteiger partial charge is 0.371 e. The highest BCUT2D eigenvalue weighted by Gasteiger charge is 2.33. The average molecular weight is 198 g/mol. The van der Waals surface area contributed by atoms with E-state index >= 15 is 0 Å². The molecule has 1 atom stereocenters. The summed E-state index contributed by atoms with van der Waals surface area (Å²) < 4.78 is 6.20. The van der Waals surface area contributed by atoms with Gasteiger partial charge in [-0.25, -0.2) is 0 Å². The Balaban J connectivity index is 1.82. The number of piperidine rings is 1. The van der Waals surface area contributed by atoms with E-state index in [0.29, 0.717) is 6.10 Å². The van der Waals surface area contributed by atoms with E-state index in [2.05, 4.69) is 24.2 Å². The summed E-state index contributed by atoms with van der Waals surface area (Å²) in [5.74, 6) is 0. The lowest BCUT2D eigenvalue weighted by Crippen LogP contribution is -2.44. The third kappa shape index (κ3) is 2.47. The molecule has 2 heterocycles. The van der Waals surface area contributed by atoms with Gasteiger partial charge in [0.05, 0.1) is 11.7 Å². The molecule has 2 rings (SSSR count). The molecule has 0 bridgehead atoms. The zero-order chi connectivity index (χ0) is 10.0. The van der Waals surface area contributed by atoms with Crippen LogP contribution in [0.25, 0.3) is 0 Å². The lowest BCUT2D eigenvalue weighted by Gasteiger charge is -2.39. The summed E-state index contributed by atoms with van der Waals surface area (Å²) in [5.41, 5.74) is 0.142. The van der Waals surface area contributed by atoms with Crippen LogP contribution in [0, 0.1) is 0 Å². The molecule has 3 heteroatoms. The van der Waals surface area contributed by atoms with Crippen molar-refractivity contribution in [3.63, 3.8) is 0 Å². The summed E-state index contributed by atoms with van der Waals surface area (Å²) >= 11 is 0. The van der Waals surface area contributed by atoms with Crippen molar-refractivity contribution in [1.29, 1.82) is 0 Å². The molecule has 0 amide bonds. The van der Waals surface area contributed by atoms with Crippen LogP contribution in [0.4, 0.5) is 0 Å². The second kappa shape index (κ2) is 4.17. The number of nitrogens with one attached hydrogen (secondary N) is 1. The second-order valence-electron chi connectivity index (χ2n) is 4.99. The van der Waals surface area contributed by atoms with Gasteiger partial charge in [0.2, 0.25) is 0 Å².